The third kappa shape index (κ3) is 4.61. The third-order valence-corrected chi connectivity index (χ3v) is 6.67. The second-order valence-corrected chi connectivity index (χ2v) is 9.40. The van der Waals surface area contributed by atoms with Crippen molar-refractivity contribution >= 4 is 29.0 Å². The molecule has 0 radical (unpaired) electrons. The molecule has 0 N–H and O–H groups in total. The summed E-state index contributed by atoms with van der Waals surface area (Å²) in [6, 6.07) is 13.0. The van der Waals surface area contributed by atoms with Crippen LogP contribution in [0.25, 0.3) is 11.1 Å². The first-order chi connectivity index (χ1) is 15.7. The van der Waals surface area contributed by atoms with Crippen molar-refractivity contribution in [2.24, 2.45) is 16.8 Å². The molecule has 160 valence electrons. The topological polar surface area (TPSA) is 25.2 Å². The van der Waals surface area contributed by atoms with Gasteiger partial charge >= 0.3 is 0 Å². The molecular weight excluding hydrogens is 412 g/mol. The molecule has 2 nitrogen and oxygen atoms in total. The number of benzene rings is 1. The second-order valence-electron chi connectivity index (χ2n) is 8.92. The van der Waals surface area contributed by atoms with Crippen molar-refractivity contribution in [1.82, 2.24) is 4.98 Å². The Morgan fingerprint density at radius 1 is 1.00 bits per heavy atom. The van der Waals surface area contributed by atoms with E-state index in [2.05, 4.69) is 83.7 Å². The normalized spacial score (nSPS) is 25.0. The maximum absolute atomic E-state index is 6.68. The van der Waals surface area contributed by atoms with Gasteiger partial charge in [-0.25, -0.2) is 0 Å². The molecule has 0 saturated heterocycles. The van der Waals surface area contributed by atoms with Crippen LogP contribution in [0.4, 0.5) is 0 Å². The van der Waals surface area contributed by atoms with Gasteiger partial charge in [0.25, 0.3) is 0 Å². The lowest BCUT2D eigenvalue weighted by Crippen LogP contribution is -2.10. The lowest BCUT2D eigenvalue weighted by Gasteiger charge is -2.26. The molecule has 2 heterocycles. The predicted molar refractivity (Wildman–Crippen MR) is 136 cm³/mol. The van der Waals surface area contributed by atoms with E-state index in [1.54, 1.807) is 0 Å². The molecule has 3 aliphatic rings. The van der Waals surface area contributed by atoms with E-state index in [9.17, 15) is 0 Å². The van der Waals surface area contributed by atoms with E-state index in [0.717, 1.165) is 24.4 Å². The molecule has 1 aromatic carbocycles. The van der Waals surface area contributed by atoms with Gasteiger partial charge in [0.2, 0.25) is 0 Å². The SMILES string of the molecule is CC1C=C(c2cccc(C3C=C(C4C=CC=C(c5cccnc5)C4)C=C(Cl)C3)c2)C=NC1. The fourth-order valence-corrected chi connectivity index (χ4v) is 5.04. The van der Waals surface area contributed by atoms with Gasteiger partial charge in [-0.3, -0.25) is 9.98 Å². The summed E-state index contributed by atoms with van der Waals surface area (Å²) in [4.78, 5) is 8.81. The van der Waals surface area contributed by atoms with Crippen molar-refractivity contribution < 1.29 is 0 Å². The largest absolute Gasteiger partial charge is 0.292 e. The van der Waals surface area contributed by atoms with Crippen LogP contribution in [0.2, 0.25) is 0 Å². The van der Waals surface area contributed by atoms with Crippen molar-refractivity contribution in [3.63, 3.8) is 0 Å². The Bertz CT molecular complexity index is 1180. The highest BCUT2D eigenvalue weighted by atomic mass is 35.5. The van der Waals surface area contributed by atoms with Crippen LogP contribution in [0, 0.1) is 11.8 Å². The maximum atomic E-state index is 6.68. The fraction of sp³-hybridized carbons (Fsp3) is 0.241. The quantitative estimate of drug-likeness (QED) is 0.488. The zero-order chi connectivity index (χ0) is 21.9. The molecule has 1 aliphatic heterocycles. The van der Waals surface area contributed by atoms with E-state index in [1.165, 1.54) is 33.4 Å². The van der Waals surface area contributed by atoms with Gasteiger partial charge in [-0.15, -0.1) is 0 Å². The van der Waals surface area contributed by atoms with Crippen LogP contribution in [-0.4, -0.2) is 17.7 Å². The molecule has 32 heavy (non-hydrogen) atoms. The minimum Gasteiger partial charge on any atom is -0.292 e. The molecule has 0 saturated carbocycles. The summed E-state index contributed by atoms with van der Waals surface area (Å²) in [5.41, 5.74) is 7.56. The number of rotatable bonds is 4. The fourth-order valence-electron chi connectivity index (χ4n) is 4.75. The van der Waals surface area contributed by atoms with E-state index in [-0.39, 0.29) is 5.92 Å². The smallest absolute Gasteiger partial charge is 0.0449 e. The van der Waals surface area contributed by atoms with Gasteiger partial charge in [0, 0.05) is 42.0 Å². The molecule has 0 spiro atoms. The molecule has 0 amide bonds. The van der Waals surface area contributed by atoms with Crippen LogP contribution in [0.3, 0.4) is 0 Å². The maximum Gasteiger partial charge on any atom is 0.0449 e. The number of dihydropyridines is 1. The standard InChI is InChI=1S/C29H27ClN2/c1-20-11-28(19-32-17-20)24-8-3-7-23(13-24)27-14-26(15-29(30)16-27)22-6-2-5-21(12-22)25-9-4-10-31-18-25/h2-11,13-15,18-20,22,27H,12,16-17H2,1H3. The third-order valence-electron chi connectivity index (χ3n) is 6.41. The number of hydrogen-bond acceptors (Lipinski definition) is 2. The molecule has 2 aliphatic carbocycles. The van der Waals surface area contributed by atoms with E-state index in [0.29, 0.717) is 11.8 Å². The summed E-state index contributed by atoms with van der Waals surface area (Å²) in [5.74, 6) is 1.09. The zero-order valence-corrected chi connectivity index (χ0v) is 19.0. The summed E-state index contributed by atoms with van der Waals surface area (Å²) in [5, 5.41) is 0.927. The van der Waals surface area contributed by atoms with Crippen molar-refractivity contribution in [3.05, 3.63) is 113 Å². The molecule has 3 atom stereocenters. The van der Waals surface area contributed by atoms with Gasteiger partial charge in [0.05, 0.1) is 0 Å². The Labute approximate surface area is 195 Å². The van der Waals surface area contributed by atoms with Gasteiger partial charge in [0.15, 0.2) is 0 Å². The number of halogens is 1. The Hall–Kier alpha value is -2.97. The first kappa shape index (κ1) is 20.9. The van der Waals surface area contributed by atoms with Gasteiger partial charge in [-0.1, -0.05) is 79.2 Å². The summed E-state index contributed by atoms with van der Waals surface area (Å²) in [7, 11) is 0. The summed E-state index contributed by atoms with van der Waals surface area (Å²) in [6.45, 7) is 3.09. The number of pyridine rings is 1. The summed E-state index contributed by atoms with van der Waals surface area (Å²) < 4.78 is 0. The molecule has 3 heteroatoms. The lowest BCUT2D eigenvalue weighted by atomic mass is 9.80. The molecule has 2 aromatic rings. The van der Waals surface area contributed by atoms with Crippen LogP contribution < -0.4 is 0 Å². The van der Waals surface area contributed by atoms with Gasteiger partial charge in [-0.05, 0) is 64.3 Å². The molecule has 3 unspecified atom stereocenters. The zero-order valence-electron chi connectivity index (χ0n) is 18.3. The number of nitrogens with zero attached hydrogens (tertiary/aromatic N) is 2. The molecule has 1 aromatic heterocycles. The number of aliphatic imine (C=N–C) groups is 1. The average molecular weight is 439 g/mol. The van der Waals surface area contributed by atoms with E-state index in [1.807, 2.05) is 24.7 Å². The molecule has 5 rings (SSSR count). The molecular formula is C29H27ClN2. The Morgan fingerprint density at radius 2 is 1.91 bits per heavy atom. The monoisotopic (exact) mass is 438 g/mol. The predicted octanol–water partition coefficient (Wildman–Crippen LogP) is 7.38. The number of allylic oxidation sites excluding steroid dienone is 9. The van der Waals surface area contributed by atoms with Crippen LogP contribution in [0.1, 0.15) is 42.4 Å². The van der Waals surface area contributed by atoms with Crippen molar-refractivity contribution in [1.29, 1.82) is 0 Å². The first-order valence-electron chi connectivity index (χ1n) is 11.3. The van der Waals surface area contributed by atoms with E-state index < -0.39 is 0 Å². The van der Waals surface area contributed by atoms with Crippen LogP contribution >= 0.6 is 11.6 Å². The minimum atomic E-state index is 0.280. The second kappa shape index (κ2) is 9.26. The van der Waals surface area contributed by atoms with Crippen LogP contribution in [-0.2, 0) is 0 Å². The van der Waals surface area contributed by atoms with Gasteiger partial charge in [0.1, 0.15) is 0 Å². The van der Waals surface area contributed by atoms with E-state index in [4.69, 9.17) is 11.6 Å². The first-order valence-corrected chi connectivity index (χ1v) is 11.7. The Kier molecular flexibility index (Phi) is 6.05. The molecule has 0 bridgehead atoms. The highest BCUT2D eigenvalue weighted by Gasteiger charge is 2.23. The van der Waals surface area contributed by atoms with Crippen LogP contribution in [0.5, 0.6) is 0 Å². The summed E-state index contributed by atoms with van der Waals surface area (Å²) in [6.07, 6.45) is 21.1. The lowest BCUT2D eigenvalue weighted by molar-refractivity contribution is 0.739. The highest BCUT2D eigenvalue weighted by Crippen LogP contribution is 2.39. The van der Waals surface area contributed by atoms with Gasteiger partial charge in [-0.2, -0.15) is 0 Å². The Balaban J connectivity index is 1.40. The molecule has 0 fully saturated rings. The Morgan fingerprint density at radius 3 is 2.75 bits per heavy atom. The number of aromatic nitrogens is 1. The van der Waals surface area contributed by atoms with Crippen molar-refractivity contribution in [3.8, 4) is 0 Å². The van der Waals surface area contributed by atoms with Crippen molar-refractivity contribution in [2.45, 2.75) is 25.7 Å². The minimum absolute atomic E-state index is 0.280. The van der Waals surface area contributed by atoms with E-state index >= 15 is 0 Å². The highest BCUT2D eigenvalue weighted by molar-refractivity contribution is 6.29. The van der Waals surface area contributed by atoms with Crippen molar-refractivity contribution in [2.75, 3.05) is 6.54 Å². The van der Waals surface area contributed by atoms with Gasteiger partial charge < -0.3 is 0 Å². The summed E-state index contributed by atoms with van der Waals surface area (Å²) >= 11 is 6.68. The number of hydrogen-bond donors (Lipinski definition) is 0. The average Bonchev–Trinajstić information content (AvgIpc) is 2.84. The van der Waals surface area contributed by atoms with Crippen LogP contribution in [0.15, 0.2) is 101 Å².